The van der Waals surface area contributed by atoms with Crippen molar-refractivity contribution < 1.29 is 9.21 Å². The Morgan fingerprint density at radius 3 is 2.82 bits per heavy atom. The maximum atomic E-state index is 12.8. The Morgan fingerprint density at radius 1 is 1.29 bits per heavy atom. The van der Waals surface area contributed by atoms with E-state index < -0.39 is 0 Å². The number of furan rings is 1. The molecule has 0 unspecified atom stereocenters. The van der Waals surface area contributed by atoms with E-state index in [9.17, 15) is 4.79 Å². The molecule has 0 atom stereocenters. The van der Waals surface area contributed by atoms with Crippen LogP contribution in [0.15, 0.2) is 44.1 Å². The number of nitrogens with zero attached hydrogens (tertiary/aromatic N) is 1. The minimum absolute atomic E-state index is 0.00503. The summed E-state index contributed by atoms with van der Waals surface area (Å²) in [7, 11) is 0. The summed E-state index contributed by atoms with van der Waals surface area (Å²) in [4.78, 5) is 15.2. The van der Waals surface area contributed by atoms with E-state index in [1.54, 1.807) is 4.90 Å². The number of carbonyl (C=O) groups is 1. The molecular formula is C22H22BrNO2S2. The molecular weight excluding hydrogens is 454 g/mol. The third-order valence-electron chi connectivity index (χ3n) is 5.45. The molecule has 1 aliphatic heterocycles. The fraction of sp³-hybridized carbons (Fsp3) is 0.364. The molecule has 6 heteroatoms. The van der Waals surface area contributed by atoms with Crippen molar-refractivity contribution in [2.24, 2.45) is 5.92 Å². The summed E-state index contributed by atoms with van der Waals surface area (Å²) < 4.78 is 7.70. The van der Waals surface area contributed by atoms with Crippen molar-refractivity contribution in [3.8, 4) is 11.3 Å². The Balaban J connectivity index is 1.46. The summed E-state index contributed by atoms with van der Waals surface area (Å²) in [6.07, 6.45) is 8.08. The van der Waals surface area contributed by atoms with Crippen LogP contribution >= 0.6 is 39.9 Å². The minimum atomic E-state index is 0.00503. The zero-order valence-corrected chi connectivity index (χ0v) is 19.0. The number of amides is 1. The van der Waals surface area contributed by atoms with Crippen molar-refractivity contribution >= 4 is 56.2 Å². The third kappa shape index (κ3) is 4.29. The van der Waals surface area contributed by atoms with Crippen LogP contribution in [-0.4, -0.2) is 21.7 Å². The largest absolute Gasteiger partial charge is 0.457 e. The zero-order valence-electron chi connectivity index (χ0n) is 15.7. The summed E-state index contributed by atoms with van der Waals surface area (Å²) >= 11 is 10.3. The number of benzene rings is 1. The Bertz CT molecular complexity index is 944. The average molecular weight is 476 g/mol. The van der Waals surface area contributed by atoms with Gasteiger partial charge in [-0.1, -0.05) is 71.7 Å². The molecule has 0 radical (unpaired) electrons. The molecule has 1 aromatic carbocycles. The van der Waals surface area contributed by atoms with Crippen LogP contribution in [0.1, 0.15) is 43.4 Å². The summed E-state index contributed by atoms with van der Waals surface area (Å²) in [6, 6.07) is 9.95. The molecule has 0 spiro atoms. The normalized spacial score (nSPS) is 19.4. The van der Waals surface area contributed by atoms with E-state index in [-0.39, 0.29) is 5.91 Å². The van der Waals surface area contributed by atoms with Gasteiger partial charge in [0.2, 0.25) is 0 Å². The number of thioether (sulfide) groups is 1. The van der Waals surface area contributed by atoms with E-state index in [0.29, 0.717) is 15.0 Å². The van der Waals surface area contributed by atoms with Gasteiger partial charge in [0.15, 0.2) is 0 Å². The molecule has 2 aliphatic rings. The van der Waals surface area contributed by atoms with Crippen LogP contribution in [0.2, 0.25) is 0 Å². The van der Waals surface area contributed by atoms with Crippen molar-refractivity contribution in [1.82, 2.24) is 4.90 Å². The van der Waals surface area contributed by atoms with Crippen LogP contribution in [0.3, 0.4) is 0 Å². The molecule has 1 aliphatic carbocycles. The number of halogens is 1. The molecule has 2 fully saturated rings. The second kappa shape index (κ2) is 8.56. The molecule has 2 heterocycles. The van der Waals surface area contributed by atoms with Crippen LogP contribution in [0.25, 0.3) is 17.4 Å². The van der Waals surface area contributed by atoms with Crippen LogP contribution in [-0.2, 0) is 4.79 Å². The van der Waals surface area contributed by atoms with Crippen molar-refractivity contribution in [2.75, 3.05) is 6.54 Å². The summed E-state index contributed by atoms with van der Waals surface area (Å²) in [5.74, 6) is 2.21. The minimum Gasteiger partial charge on any atom is -0.457 e. The molecule has 1 saturated heterocycles. The summed E-state index contributed by atoms with van der Waals surface area (Å²) in [6.45, 7) is 2.78. The fourth-order valence-corrected chi connectivity index (χ4v) is 5.35. The predicted molar refractivity (Wildman–Crippen MR) is 123 cm³/mol. The lowest BCUT2D eigenvalue weighted by Crippen LogP contribution is -2.30. The SMILES string of the molecule is Cc1cc(-c2ccc(/C=C3\SC(=S)N(CCC4CCCC4)C3=O)o2)ccc1Br. The van der Waals surface area contributed by atoms with Crippen LogP contribution < -0.4 is 0 Å². The van der Waals surface area contributed by atoms with Gasteiger partial charge in [0.25, 0.3) is 5.91 Å². The average Bonchev–Trinajstić information content (AvgIpc) is 3.39. The van der Waals surface area contributed by atoms with Gasteiger partial charge in [0.1, 0.15) is 15.8 Å². The van der Waals surface area contributed by atoms with Gasteiger partial charge in [-0.15, -0.1) is 0 Å². The second-order valence-electron chi connectivity index (χ2n) is 7.44. The fourth-order valence-electron chi connectivity index (χ4n) is 3.82. The lowest BCUT2D eigenvalue weighted by Gasteiger charge is -2.17. The highest BCUT2D eigenvalue weighted by molar-refractivity contribution is 9.10. The van der Waals surface area contributed by atoms with Gasteiger partial charge in [0.05, 0.1) is 4.91 Å². The Hall–Kier alpha value is -1.37. The number of rotatable bonds is 5. The number of thiocarbonyl (C=S) groups is 1. The highest BCUT2D eigenvalue weighted by atomic mass is 79.9. The smallest absolute Gasteiger partial charge is 0.266 e. The van der Waals surface area contributed by atoms with E-state index in [4.69, 9.17) is 16.6 Å². The Labute approximate surface area is 183 Å². The first-order chi connectivity index (χ1) is 13.5. The van der Waals surface area contributed by atoms with Gasteiger partial charge in [0, 0.05) is 22.7 Å². The van der Waals surface area contributed by atoms with Gasteiger partial charge >= 0.3 is 0 Å². The highest BCUT2D eigenvalue weighted by Crippen LogP contribution is 2.35. The molecule has 1 saturated carbocycles. The molecule has 0 N–H and O–H groups in total. The quantitative estimate of drug-likeness (QED) is 0.351. The van der Waals surface area contributed by atoms with Crippen LogP contribution in [0, 0.1) is 12.8 Å². The number of hydrogen-bond donors (Lipinski definition) is 0. The van der Waals surface area contributed by atoms with Gasteiger partial charge in [-0.2, -0.15) is 0 Å². The van der Waals surface area contributed by atoms with E-state index in [2.05, 4.69) is 22.0 Å². The van der Waals surface area contributed by atoms with Gasteiger partial charge in [-0.05, 0) is 49.1 Å². The summed E-state index contributed by atoms with van der Waals surface area (Å²) in [5.41, 5.74) is 2.17. The number of carbonyl (C=O) groups excluding carboxylic acids is 1. The first-order valence-corrected chi connectivity index (χ1v) is 11.6. The van der Waals surface area contributed by atoms with Crippen LogP contribution in [0.4, 0.5) is 0 Å². The molecule has 2 aromatic rings. The van der Waals surface area contributed by atoms with E-state index in [0.717, 1.165) is 40.2 Å². The molecule has 0 bridgehead atoms. The van der Waals surface area contributed by atoms with Gasteiger partial charge in [-0.25, -0.2) is 0 Å². The predicted octanol–water partition coefficient (Wildman–Crippen LogP) is 6.80. The van der Waals surface area contributed by atoms with Crippen molar-refractivity contribution in [1.29, 1.82) is 0 Å². The van der Waals surface area contributed by atoms with E-state index >= 15 is 0 Å². The Morgan fingerprint density at radius 2 is 2.07 bits per heavy atom. The van der Waals surface area contributed by atoms with Crippen molar-refractivity contribution in [2.45, 2.75) is 39.0 Å². The van der Waals surface area contributed by atoms with Crippen molar-refractivity contribution in [3.05, 3.63) is 51.0 Å². The maximum absolute atomic E-state index is 12.8. The topological polar surface area (TPSA) is 33.5 Å². The number of hydrogen-bond acceptors (Lipinski definition) is 4. The first-order valence-electron chi connectivity index (χ1n) is 9.63. The molecule has 4 rings (SSSR count). The lowest BCUT2D eigenvalue weighted by molar-refractivity contribution is -0.122. The monoisotopic (exact) mass is 475 g/mol. The zero-order chi connectivity index (χ0) is 19.7. The maximum Gasteiger partial charge on any atom is 0.266 e. The highest BCUT2D eigenvalue weighted by Gasteiger charge is 2.32. The molecule has 28 heavy (non-hydrogen) atoms. The van der Waals surface area contributed by atoms with Crippen LogP contribution in [0.5, 0.6) is 0 Å². The lowest BCUT2D eigenvalue weighted by atomic mass is 10.0. The second-order valence-corrected chi connectivity index (χ2v) is 9.97. The standard InChI is InChI=1S/C22H22BrNO2S2/c1-14-12-16(6-8-18(14)23)19-9-7-17(26-19)13-20-21(25)24(22(27)28-20)11-10-15-4-2-3-5-15/h6-9,12-13,15H,2-5,10-11H2,1H3/b20-13-. The van der Waals surface area contributed by atoms with E-state index in [1.807, 2.05) is 37.3 Å². The summed E-state index contributed by atoms with van der Waals surface area (Å²) in [5, 5.41) is 0. The number of aryl methyl sites for hydroxylation is 1. The molecule has 3 nitrogen and oxygen atoms in total. The molecule has 1 amide bonds. The van der Waals surface area contributed by atoms with Crippen molar-refractivity contribution in [3.63, 3.8) is 0 Å². The van der Waals surface area contributed by atoms with E-state index in [1.165, 1.54) is 37.4 Å². The van der Waals surface area contributed by atoms with Gasteiger partial charge in [-0.3, -0.25) is 9.69 Å². The molecule has 146 valence electrons. The molecule has 1 aromatic heterocycles. The van der Waals surface area contributed by atoms with Gasteiger partial charge < -0.3 is 4.42 Å². The third-order valence-corrected chi connectivity index (χ3v) is 7.72. The Kier molecular flexibility index (Phi) is 6.09. The first kappa shape index (κ1) is 19.9.